The van der Waals surface area contributed by atoms with Crippen LogP contribution in [0.1, 0.15) is 104 Å². The molecular formula is C18H36O3. The van der Waals surface area contributed by atoms with Crippen LogP contribution in [0.2, 0.25) is 0 Å². The van der Waals surface area contributed by atoms with Gasteiger partial charge in [0.15, 0.2) is 12.6 Å². The molecule has 0 saturated carbocycles. The van der Waals surface area contributed by atoms with Crippen molar-refractivity contribution in [2.24, 2.45) is 0 Å². The molecule has 0 spiro atoms. The maximum Gasteiger partial charge on any atom is 0.194 e. The molecule has 1 fully saturated rings. The van der Waals surface area contributed by atoms with Crippen LogP contribution in [0, 0.1) is 0 Å². The van der Waals surface area contributed by atoms with E-state index in [1.54, 1.807) is 0 Å². The van der Waals surface area contributed by atoms with E-state index in [0.29, 0.717) is 0 Å². The van der Waals surface area contributed by atoms with Gasteiger partial charge in [0.25, 0.3) is 0 Å². The molecule has 0 amide bonds. The standard InChI is InChI=1S/C18H36O3/c1-3-5-7-9-11-13-15-17-19-18(21-20-17)16-14-12-10-8-6-4-2/h17-18H,3-16H2,1-2H3/t17-,18-/m0/s1. The lowest BCUT2D eigenvalue weighted by molar-refractivity contribution is -0.298. The predicted molar refractivity (Wildman–Crippen MR) is 86.8 cm³/mol. The molecule has 0 aromatic heterocycles. The molecule has 0 aliphatic carbocycles. The maximum atomic E-state index is 5.77. The van der Waals surface area contributed by atoms with E-state index < -0.39 is 0 Å². The summed E-state index contributed by atoms with van der Waals surface area (Å²) in [5.74, 6) is 0. The topological polar surface area (TPSA) is 27.7 Å². The lowest BCUT2D eigenvalue weighted by Crippen LogP contribution is -2.11. The zero-order valence-corrected chi connectivity index (χ0v) is 14.3. The summed E-state index contributed by atoms with van der Waals surface area (Å²) in [6, 6.07) is 0. The molecule has 21 heavy (non-hydrogen) atoms. The molecule has 1 heterocycles. The molecule has 0 radical (unpaired) electrons. The zero-order chi connectivity index (χ0) is 15.2. The van der Waals surface area contributed by atoms with Crippen LogP contribution < -0.4 is 0 Å². The van der Waals surface area contributed by atoms with E-state index in [1.807, 2.05) is 0 Å². The van der Waals surface area contributed by atoms with Gasteiger partial charge in [-0.2, -0.15) is 0 Å². The first-order valence-corrected chi connectivity index (χ1v) is 9.34. The van der Waals surface area contributed by atoms with E-state index >= 15 is 0 Å². The van der Waals surface area contributed by atoms with Gasteiger partial charge < -0.3 is 4.74 Å². The molecule has 0 unspecified atom stereocenters. The van der Waals surface area contributed by atoms with E-state index in [1.165, 1.54) is 77.0 Å². The van der Waals surface area contributed by atoms with Crippen molar-refractivity contribution in [1.82, 2.24) is 0 Å². The fourth-order valence-corrected chi connectivity index (χ4v) is 2.75. The molecule has 0 bridgehead atoms. The normalized spacial score (nSPS) is 22.0. The highest BCUT2D eigenvalue weighted by molar-refractivity contribution is 4.55. The highest BCUT2D eigenvalue weighted by Crippen LogP contribution is 2.23. The zero-order valence-electron chi connectivity index (χ0n) is 14.3. The average molecular weight is 300 g/mol. The fraction of sp³-hybridized carbons (Fsp3) is 1.00. The Labute approximate surface area is 131 Å². The van der Waals surface area contributed by atoms with Crippen LogP contribution in [0.5, 0.6) is 0 Å². The highest BCUT2D eigenvalue weighted by Gasteiger charge is 2.26. The van der Waals surface area contributed by atoms with Crippen LogP contribution >= 0.6 is 0 Å². The monoisotopic (exact) mass is 300 g/mol. The summed E-state index contributed by atoms with van der Waals surface area (Å²) in [4.78, 5) is 10.5. The first-order chi connectivity index (χ1) is 10.4. The molecule has 2 atom stereocenters. The van der Waals surface area contributed by atoms with Gasteiger partial charge in [-0.05, 0) is 12.8 Å². The Balaban J connectivity index is 1.88. The van der Waals surface area contributed by atoms with Crippen LogP contribution in [-0.4, -0.2) is 12.6 Å². The maximum absolute atomic E-state index is 5.77. The van der Waals surface area contributed by atoms with Gasteiger partial charge in [0, 0.05) is 12.8 Å². The van der Waals surface area contributed by atoms with E-state index in [0.717, 1.165) is 12.8 Å². The third kappa shape index (κ3) is 10.3. The molecular weight excluding hydrogens is 264 g/mol. The van der Waals surface area contributed by atoms with Gasteiger partial charge in [0.1, 0.15) is 0 Å². The van der Waals surface area contributed by atoms with Crippen LogP contribution in [0.3, 0.4) is 0 Å². The molecule has 0 aromatic rings. The Bertz CT molecular complexity index is 199. The minimum Gasteiger partial charge on any atom is -0.318 e. The van der Waals surface area contributed by atoms with Crippen molar-refractivity contribution in [2.75, 3.05) is 0 Å². The predicted octanol–water partition coefficient (Wildman–Crippen LogP) is 6.12. The molecule has 1 aliphatic heterocycles. The Hall–Kier alpha value is -0.120. The summed E-state index contributed by atoms with van der Waals surface area (Å²) in [5, 5.41) is 0. The lowest BCUT2D eigenvalue weighted by atomic mass is 10.1. The summed E-state index contributed by atoms with van der Waals surface area (Å²) in [5.41, 5.74) is 0. The largest absolute Gasteiger partial charge is 0.318 e. The fourth-order valence-electron chi connectivity index (χ4n) is 2.75. The van der Waals surface area contributed by atoms with Crippen molar-refractivity contribution in [3.8, 4) is 0 Å². The second-order valence-corrected chi connectivity index (χ2v) is 6.30. The highest BCUT2D eigenvalue weighted by atomic mass is 17.3. The molecule has 1 saturated heterocycles. The van der Waals surface area contributed by atoms with Crippen molar-refractivity contribution >= 4 is 0 Å². The summed E-state index contributed by atoms with van der Waals surface area (Å²) in [7, 11) is 0. The number of ether oxygens (including phenoxy) is 1. The van der Waals surface area contributed by atoms with Crippen LogP contribution in [0.15, 0.2) is 0 Å². The van der Waals surface area contributed by atoms with E-state index in [4.69, 9.17) is 14.5 Å². The average Bonchev–Trinajstić information content (AvgIpc) is 2.94. The van der Waals surface area contributed by atoms with Crippen molar-refractivity contribution in [3.63, 3.8) is 0 Å². The number of unbranched alkanes of at least 4 members (excludes halogenated alkanes) is 10. The summed E-state index contributed by atoms with van der Waals surface area (Å²) in [6.45, 7) is 4.50. The minimum absolute atomic E-state index is 0.124. The van der Waals surface area contributed by atoms with E-state index in [2.05, 4.69) is 13.8 Å². The van der Waals surface area contributed by atoms with E-state index in [9.17, 15) is 0 Å². The first-order valence-electron chi connectivity index (χ1n) is 9.34. The molecule has 1 rings (SSSR count). The second-order valence-electron chi connectivity index (χ2n) is 6.30. The van der Waals surface area contributed by atoms with E-state index in [-0.39, 0.29) is 12.6 Å². The first kappa shape index (κ1) is 18.9. The quantitative estimate of drug-likeness (QED) is 0.286. The van der Waals surface area contributed by atoms with Gasteiger partial charge in [-0.3, -0.25) is 0 Å². The third-order valence-corrected chi connectivity index (χ3v) is 4.16. The van der Waals surface area contributed by atoms with Crippen molar-refractivity contribution in [3.05, 3.63) is 0 Å². The summed E-state index contributed by atoms with van der Waals surface area (Å²) in [6.07, 6.45) is 17.4. The molecule has 0 N–H and O–H groups in total. The molecule has 3 heteroatoms. The Morgan fingerprint density at radius 2 is 0.905 bits per heavy atom. The molecule has 0 aromatic carbocycles. The Morgan fingerprint density at radius 3 is 1.33 bits per heavy atom. The Morgan fingerprint density at radius 1 is 0.524 bits per heavy atom. The van der Waals surface area contributed by atoms with Crippen LogP contribution in [-0.2, 0) is 14.5 Å². The second kappa shape index (κ2) is 13.5. The van der Waals surface area contributed by atoms with Crippen LogP contribution in [0.25, 0.3) is 0 Å². The smallest absolute Gasteiger partial charge is 0.194 e. The number of rotatable bonds is 14. The van der Waals surface area contributed by atoms with Gasteiger partial charge in [-0.25, -0.2) is 9.78 Å². The van der Waals surface area contributed by atoms with Crippen molar-refractivity contribution in [1.29, 1.82) is 0 Å². The minimum atomic E-state index is -0.124. The van der Waals surface area contributed by atoms with Gasteiger partial charge in [0.2, 0.25) is 0 Å². The van der Waals surface area contributed by atoms with Gasteiger partial charge in [0.05, 0.1) is 0 Å². The Kier molecular flexibility index (Phi) is 12.2. The van der Waals surface area contributed by atoms with Gasteiger partial charge in [-0.15, -0.1) is 0 Å². The summed E-state index contributed by atoms with van der Waals surface area (Å²) >= 11 is 0. The summed E-state index contributed by atoms with van der Waals surface area (Å²) < 4.78 is 5.77. The van der Waals surface area contributed by atoms with Gasteiger partial charge in [-0.1, -0.05) is 78.1 Å². The SMILES string of the molecule is CCCCCCCC[C@@H]1OO[C@@H](CCCCCCCC)O1. The third-order valence-electron chi connectivity index (χ3n) is 4.16. The molecule has 3 nitrogen and oxygen atoms in total. The van der Waals surface area contributed by atoms with Crippen molar-refractivity contribution in [2.45, 2.75) is 116 Å². The lowest BCUT2D eigenvalue weighted by Gasteiger charge is -2.08. The van der Waals surface area contributed by atoms with Gasteiger partial charge >= 0.3 is 0 Å². The number of hydrogen-bond donors (Lipinski definition) is 0. The molecule has 1 aliphatic rings. The molecule has 126 valence electrons. The van der Waals surface area contributed by atoms with Crippen molar-refractivity contribution < 1.29 is 14.5 Å². The van der Waals surface area contributed by atoms with Crippen LogP contribution in [0.4, 0.5) is 0 Å². The number of hydrogen-bond acceptors (Lipinski definition) is 3.